The second-order valence-corrected chi connectivity index (χ2v) is 4.86. The first kappa shape index (κ1) is 12.0. The molecule has 1 rings (SSSR count). The van der Waals surface area contributed by atoms with Gasteiger partial charge in [0.05, 0.1) is 4.47 Å². The third-order valence-electron chi connectivity index (χ3n) is 1.51. The van der Waals surface area contributed by atoms with Gasteiger partial charge >= 0.3 is 5.97 Å². The summed E-state index contributed by atoms with van der Waals surface area (Å²) >= 11 is 3.20. The third-order valence-corrected chi connectivity index (χ3v) is 2.34. The van der Waals surface area contributed by atoms with E-state index in [0.29, 0.717) is 10.2 Å². The molecule has 1 aromatic heterocycles. The summed E-state index contributed by atoms with van der Waals surface area (Å²) in [6, 6.07) is 1.61. The van der Waals surface area contributed by atoms with Gasteiger partial charge in [-0.2, -0.15) is 0 Å². The summed E-state index contributed by atoms with van der Waals surface area (Å²) in [5.74, 6) is -0.485. The summed E-state index contributed by atoms with van der Waals surface area (Å²) in [4.78, 5) is 15.6. The van der Waals surface area contributed by atoms with Crippen LogP contribution < -0.4 is 5.73 Å². The van der Waals surface area contributed by atoms with Crippen LogP contribution in [0.25, 0.3) is 0 Å². The number of halogens is 1. The van der Waals surface area contributed by atoms with Gasteiger partial charge in [0.2, 0.25) is 0 Å². The van der Waals surface area contributed by atoms with Crippen LogP contribution in [0.3, 0.4) is 0 Å². The first-order valence-electron chi connectivity index (χ1n) is 4.44. The number of esters is 1. The Bertz CT molecular complexity index is 385. The molecule has 0 bridgehead atoms. The number of nitrogen functional groups attached to an aromatic ring is 1. The molecule has 2 N–H and O–H groups in total. The molecule has 1 heterocycles. The van der Waals surface area contributed by atoms with Crippen molar-refractivity contribution in [2.24, 2.45) is 0 Å². The number of nitrogens with zero attached hydrogens (tertiary/aromatic N) is 1. The van der Waals surface area contributed by atoms with Gasteiger partial charge in [-0.1, -0.05) is 0 Å². The van der Waals surface area contributed by atoms with Crippen LogP contribution in [-0.2, 0) is 4.74 Å². The lowest BCUT2D eigenvalue weighted by Gasteiger charge is -2.19. The van der Waals surface area contributed by atoms with E-state index in [0.717, 1.165) is 0 Å². The van der Waals surface area contributed by atoms with Crippen molar-refractivity contribution in [3.63, 3.8) is 0 Å². The molecule has 0 saturated carbocycles. The lowest BCUT2D eigenvalue weighted by molar-refractivity contribution is 0.00618. The van der Waals surface area contributed by atoms with E-state index in [2.05, 4.69) is 20.9 Å². The van der Waals surface area contributed by atoms with E-state index < -0.39 is 11.6 Å². The van der Waals surface area contributed by atoms with Crippen molar-refractivity contribution in [2.75, 3.05) is 5.73 Å². The summed E-state index contributed by atoms with van der Waals surface area (Å²) in [6.07, 6.45) is 1.47. The smallest absolute Gasteiger partial charge is 0.358 e. The highest BCUT2D eigenvalue weighted by Crippen LogP contribution is 2.23. The number of hydrogen-bond donors (Lipinski definition) is 1. The zero-order valence-corrected chi connectivity index (χ0v) is 10.5. The van der Waals surface area contributed by atoms with Crippen molar-refractivity contribution in [1.29, 1.82) is 0 Å². The number of carbonyl (C=O) groups is 1. The SMILES string of the molecule is CC(C)(C)OC(=O)c1nccc(N)c1Br. The zero-order valence-electron chi connectivity index (χ0n) is 8.87. The van der Waals surface area contributed by atoms with Crippen molar-refractivity contribution < 1.29 is 9.53 Å². The van der Waals surface area contributed by atoms with Gasteiger partial charge in [0.1, 0.15) is 5.60 Å². The van der Waals surface area contributed by atoms with Crippen LogP contribution in [0.4, 0.5) is 5.69 Å². The monoisotopic (exact) mass is 272 g/mol. The van der Waals surface area contributed by atoms with Crippen LogP contribution in [0.2, 0.25) is 0 Å². The molecule has 5 heteroatoms. The molecule has 0 unspecified atom stereocenters. The number of nitrogens with two attached hydrogens (primary N) is 1. The Morgan fingerprint density at radius 2 is 2.13 bits per heavy atom. The quantitative estimate of drug-likeness (QED) is 0.798. The average molecular weight is 273 g/mol. The molecule has 1 aromatic rings. The second-order valence-electron chi connectivity index (χ2n) is 4.06. The number of carbonyl (C=O) groups excluding carboxylic acids is 1. The normalized spacial score (nSPS) is 11.2. The largest absolute Gasteiger partial charge is 0.455 e. The summed E-state index contributed by atoms with van der Waals surface area (Å²) in [6.45, 7) is 5.39. The molecule has 0 spiro atoms. The van der Waals surface area contributed by atoms with Gasteiger partial charge in [-0.3, -0.25) is 0 Å². The first-order chi connectivity index (χ1) is 6.81. The number of rotatable bonds is 1. The van der Waals surface area contributed by atoms with Crippen LogP contribution in [0.15, 0.2) is 16.7 Å². The van der Waals surface area contributed by atoms with Crippen LogP contribution in [0, 0.1) is 0 Å². The predicted molar refractivity (Wildman–Crippen MR) is 61.5 cm³/mol. The van der Waals surface area contributed by atoms with Crippen molar-refractivity contribution in [1.82, 2.24) is 4.98 Å². The molecule has 0 atom stereocenters. The van der Waals surface area contributed by atoms with E-state index in [4.69, 9.17) is 10.5 Å². The highest BCUT2D eigenvalue weighted by molar-refractivity contribution is 9.10. The van der Waals surface area contributed by atoms with Crippen molar-refractivity contribution in [3.05, 3.63) is 22.4 Å². The minimum absolute atomic E-state index is 0.199. The van der Waals surface area contributed by atoms with Gasteiger partial charge in [-0.05, 0) is 42.8 Å². The van der Waals surface area contributed by atoms with Gasteiger partial charge in [-0.15, -0.1) is 0 Å². The predicted octanol–water partition coefficient (Wildman–Crippen LogP) is 2.38. The number of aromatic nitrogens is 1. The molecule has 0 aliphatic carbocycles. The highest BCUT2D eigenvalue weighted by Gasteiger charge is 2.21. The number of pyridine rings is 1. The summed E-state index contributed by atoms with van der Waals surface area (Å²) < 4.78 is 5.64. The zero-order chi connectivity index (χ0) is 11.6. The Morgan fingerprint density at radius 3 is 2.67 bits per heavy atom. The third kappa shape index (κ3) is 3.20. The average Bonchev–Trinajstić information content (AvgIpc) is 2.06. The maximum atomic E-state index is 11.7. The summed E-state index contributed by atoms with van der Waals surface area (Å²) in [5.41, 5.74) is 5.75. The molecule has 0 aromatic carbocycles. The Morgan fingerprint density at radius 1 is 1.53 bits per heavy atom. The number of anilines is 1. The van der Waals surface area contributed by atoms with Crippen molar-refractivity contribution in [3.8, 4) is 0 Å². The van der Waals surface area contributed by atoms with Crippen molar-refractivity contribution >= 4 is 27.6 Å². The molecule has 0 saturated heterocycles. The second kappa shape index (κ2) is 4.18. The summed E-state index contributed by atoms with van der Waals surface area (Å²) in [7, 11) is 0. The lowest BCUT2D eigenvalue weighted by atomic mass is 10.2. The fraction of sp³-hybridized carbons (Fsp3) is 0.400. The minimum Gasteiger partial charge on any atom is -0.455 e. The van der Waals surface area contributed by atoms with Gasteiger partial charge in [0.15, 0.2) is 5.69 Å². The molecule has 82 valence electrons. The van der Waals surface area contributed by atoms with E-state index in [9.17, 15) is 4.79 Å². The maximum Gasteiger partial charge on any atom is 0.358 e. The Balaban J connectivity index is 2.97. The molecular weight excluding hydrogens is 260 g/mol. The van der Waals surface area contributed by atoms with Gasteiger partial charge in [0.25, 0.3) is 0 Å². The molecule has 0 aliphatic rings. The van der Waals surface area contributed by atoms with Crippen LogP contribution in [0.5, 0.6) is 0 Å². The molecule has 4 nitrogen and oxygen atoms in total. The van der Waals surface area contributed by atoms with E-state index in [-0.39, 0.29) is 5.69 Å². The van der Waals surface area contributed by atoms with E-state index in [1.54, 1.807) is 26.8 Å². The van der Waals surface area contributed by atoms with Gasteiger partial charge in [-0.25, -0.2) is 9.78 Å². The lowest BCUT2D eigenvalue weighted by Crippen LogP contribution is -2.24. The Hall–Kier alpha value is -1.10. The van der Waals surface area contributed by atoms with Crippen LogP contribution >= 0.6 is 15.9 Å². The molecule has 0 fully saturated rings. The van der Waals surface area contributed by atoms with Crippen molar-refractivity contribution in [2.45, 2.75) is 26.4 Å². The van der Waals surface area contributed by atoms with E-state index >= 15 is 0 Å². The molecule has 0 aliphatic heterocycles. The first-order valence-corrected chi connectivity index (χ1v) is 5.24. The number of ether oxygens (including phenoxy) is 1. The fourth-order valence-electron chi connectivity index (χ4n) is 0.927. The number of hydrogen-bond acceptors (Lipinski definition) is 4. The minimum atomic E-state index is -0.539. The van der Waals surface area contributed by atoms with E-state index in [1.807, 2.05) is 0 Å². The topological polar surface area (TPSA) is 65.2 Å². The Kier molecular flexibility index (Phi) is 3.34. The molecule has 15 heavy (non-hydrogen) atoms. The molecule has 0 radical (unpaired) electrons. The molecule has 0 amide bonds. The highest BCUT2D eigenvalue weighted by atomic mass is 79.9. The van der Waals surface area contributed by atoms with Crippen LogP contribution in [-0.4, -0.2) is 16.6 Å². The fourth-order valence-corrected chi connectivity index (χ4v) is 1.32. The maximum absolute atomic E-state index is 11.7. The molecular formula is C10H13BrN2O2. The van der Waals surface area contributed by atoms with E-state index in [1.165, 1.54) is 6.20 Å². The standard InChI is InChI=1S/C10H13BrN2O2/c1-10(2,3)15-9(14)8-7(11)6(12)4-5-13-8/h4-5H,1-3H3,(H2,12,13). The summed E-state index contributed by atoms with van der Waals surface area (Å²) in [5, 5.41) is 0. The Labute approximate surface area is 97.0 Å². The van der Waals surface area contributed by atoms with Gasteiger partial charge < -0.3 is 10.5 Å². The van der Waals surface area contributed by atoms with Gasteiger partial charge in [0, 0.05) is 11.9 Å². The van der Waals surface area contributed by atoms with Crippen LogP contribution in [0.1, 0.15) is 31.3 Å².